The van der Waals surface area contributed by atoms with E-state index in [1.165, 1.54) is 12.5 Å². The van der Waals surface area contributed by atoms with E-state index >= 15 is 0 Å². The van der Waals surface area contributed by atoms with Gasteiger partial charge >= 0.3 is 0 Å². The highest BCUT2D eigenvalue weighted by Crippen LogP contribution is 2.29. The summed E-state index contributed by atoms with van der Waals surface area (Å²) >= 11 is 0. The summed E-state index contributed by atoms with van der Waals surface area (Å²) in [5, 5.41) is -0.546. The molecule has 2 aromatic rings. The van der Waals surface area contributed by atoms with Crippen molar-refractivity contribution in [1.29, 1.82) is 0 Å². The lowest BCUT2D eigenvalue weighted by Gasteiger charge is -2.19. The predicted octanol–water partition coefficient (Wildman–Crippen LogP) is 2.28. The SMILES string of the molecule is O=C(c1ccoc1)N1CC[C@@H](c2ccccc2)S(=O)(=O)CC1. The van der Waals surface area contributed by atoms with Gasteiger partial charge in [0.05, 0.1) is 22.8 Å². The molecular formula is C16H17NO4S. The summed E-state index contributed by atoms with van der Waals surface area (Å²) < 4.78 is 29.9. The maximum atomic E-state index is 12.5. The van der Waals surface area contributed by atoms with E-state index in [2.05, 4.69) is 0 Å². The molecule has 22 heavy (non-hydrogen) atoms. The van der Waals surface area contributed by atoms with Gasteiger partial charge < -0.3 is 9.32 Å². The molecule has 1 saturated heterocycles. The monoisotopic (exact) mass is 319 g/mol. The highest BCUT2D eigenvalue weighted by Gasteiger charge is 2.32. The first-order chi connectivity index (χ1) is 10.6. The van der Waals surface area contributed by atoms with Crippen molar-refractivity contribution < 1.29 is 17.6 Å². The van der Waals surface area contributed by atoms with Crippen molar-refractivity contribution in [3.05, 3.63) is 60.1 Å². The average Bonchev–Trinajstić information content (AvgIpc) is 3.00. The van der Waals surface area contributed by atoms with Gasteiger partial charge in [0, 0.05) is 13.1 Å². The van der Waals surface area contributed by atoms with Crippen molar-refractivity contribution in [2.75, 3.05) is 18.8 Å². The molecule has 3 rings (SSSR count). The first-order valence-corrected chi connectivity index (χ1v) is 8.87. The molecule has 0 saturated carbocycles. The number of carbonyl (C=O) groups is 1. The summed E-state index contributed by atoms with van der Waals surface area (Å²) in [5.41, 5.74) is 1.25. The van der Waals surface area contributed by atoms with Crippen LogP contribution in [0, 0.1) is 0 Å². The normalized spacial score (nSPS) is 21.3. The number of rotatable bonds is 2. The molecule has 0 spiro atoms. The minimum absolute atomic E-state index is 0.0177. The lowest BCUT2D eigenvalue weighted by atomic mass is 10.1. The highest BCUT2D eigenvalue weighted by molar-refractivity contribution is 7.91. The van der Waals surface area contributed by atoms with Crippen LogP contribution >= 0.6 is 0 Å². The van der Waals surface area contributed by atoms with Crippen LogP contribution in [0.15, 0.2) is 53.3 Å². The summed E-state index contributed by atoms with van der Waals surface area (Å²) in [7, 11) is -3.27. The fourth-order valence-electron chi connectivity index (χ4n) is 2.76. The number of hydrogen-bond acceptors (Lipinski definition) is 4. The van der Waals surface area contributed by atoms with E-state index < -0.39 is 15.1 Å². The molecule has 5 nitrogen and oxygen atoms in total. The lowest BCUT2D eigenvalue weighted by molar-refractivity contribution is 0.0766. The van der Waals surface area contributed by atoms with E-state index in [0.717, 1.165) is 5.56 Å². The third-order valence-corrected chi connectivity index (χ3v) is 6.09. The van der Waals surface area contributed by atoms with E-state index in [1.54, 1.807) is 11.0 Å². The number of sulfone groups is 1. The Balaban J connectivity index is 1.82. The molecule has 1 fully saturated rings. The van der Waals surface area contributed by atoms with Gasteiger partial charge in [0.2, 0.25) is 0 Å². The number of benzene rings is 1. The maximum Gasteiger partial charge on any atom is 0.257 e. The molecule has 1 aromatic heterocycles. The number of hydrogen-bond donors (Lipinski definition) is 0. The van der Waals surface area contributed by atoms with Crippen LogP contribution in [0.4, 0.5) is 0 Å². The summed E-state index contributed by atoms with van der Waals surface area (Å²) in [5.74, 6) is -0.200. The van der Waals surface area contributed by atoms with Crippen molar-refractivity contribution in [2.45, 2.75) is 11.7 Å². The molecule has 6 heteroatoms. The van der Waals surface area contributed by atoms with Gasteiger partial charge in [-0.1, -0.05) is 30.3 Å². The first-order valence-electron chi connectivity index (χ1n) is 7.16. The topological polar surface area (TPSA) is 67.6 Å². The smallest absolute Gasteiger partial charge is 0.257 e. The Kier molecular flexibility index (Phi) is 4.02. The van der Waals surface area contributed by atoms with Crippen LogP contribution in [0.25, 0.3) is 0 Å². The molecule has 116 valence electrons. The van der Waals surface area contributed by atoms with Gasteiger partial charge in [-0.05, 0) is 18.1 Å². The molecular weight excluding hydrogens is 302 g/mol. The second-order valence-corrected chi connectivity index (χ2v) is 7.66. The third-order valence-electron chi connectivity index (χ3n) is 3.97. The van der Waals surface area contributed by atoms with Crippen LogP contribution in [0.5, 0.6) is 0 Å². The molecule has 1 aliphatic rings. The molecule has 0 radical (unpaired) electrons. The predicted molar refractivity (Wildman–Crippen MR) is 82.2 cm³/mol. The van der Waals surface area contributed by atoms with Gasteiger partial charge in [0.1, 0.15) is 6.26 Å². The minimum atomic E-state index is -3.27. The highest BCUT2D eigenvalue weighted by atomic mass is 32.2. The van der Waals surface area contributed by atoms with E-state index in [0.29, 0.717) is 18.5 Å². The third kappa shape index (κ3) is 2.92. The van der Waals surface area contributed by atoms with Crippen molar-refractivity contribution >= 4 is 15.7 Å². The Bertz CT molecular complexity index is 738. The lowest BCUT2D eigenvalue weighted by Crippen LogP contribution is -2.33. The summed E-state index contributed by atoms with van der Waals surface area (Å²) in [6.07, 6.45) is 3.24. The van der Waals surface area contributed by atoms with Crippen LogP contribution in [-0.4, -0.2) is 38.1 Å². The quantitative estimate of drug-likeness (QED) is 0.851. The molecule has 1 atom stereocenters. The number of nitrogens with zero attached hydrogens (tertiary/aromatic N) is 1. The Morgan fingerprint density at radius 2 is 1.91 bits per heavy atom. The van der Waals surface area contributed by atoms with E-state index in [9.17, 15) is 13.2 Å². The number of furan rings is 1. The van der Waals surface area contributed by atoms with Crippen LogP contribution in [0.3, 0.4) is 0 Å². The van der Waals surface area contributed by atoms with Crippen LogP contribution in [0.2, 0.25) is 0 Å². The van der Waals surface area contributed by atoms with Gasteiger partial charge in [-0.3, -0.25) is 4.79 Å². The Hall–Kier alpha value is -2.08. The van der Waals surface area contributed by atoms with Crippen molar-refractivity contribution in [3.8, 4) is 0 Å². The summed E-state index contributed by atoms with van der Waals surface area (Å²) in [4.78, 5) is 13.9. The Morgan fingerprint density at radius 1 is 1.14 bits per heavy atom. The molecule has 0 aliphatic carbocycles. The first kappa shape index (κ1) is 14.8. The molecule has 2 heterocycles. The van der Waals surface area contributed by atoms with Crippen molar-refractivity contribution in [3.63, 3.8) is 0 Å². The molecule has 1 aliphatic heterocycles. The minimum Gasteiger partial charge on any atom is -0.472 e. The largest absolute Gasteiger partial charge is 0.472 e. The van der Waals surface area contributed by atoms with Crippen molar-refractivity contribution in [2.24, 2.45) is 0 Å². The molecule has 0 bridgehead atoms. The summed E-state index contributed by atoms with van der Waals surface area (Å²) in [6.45, 7) is 0.637. The Morgan fingerprint density at radius 3 is 2.59 bits per heavy atom. The summed E-state index contributed by atoms with van der Waals surface area (Å²) in [6, 6.07) is 10.8. The maximum absolute atomic E-state index is 12.5. The second-order valence-electron chi connectivity index (χ2n) is 5.36. The van der Waals surface area contributed by atoms with Gasteiger partial charge in [-0.2, -0.15) is 0 Å². The van der Waals surface area contributed by atoms with E-state index in [-0.39, 0.29) is 18.2 Å². The Labute approximate surface area is 129 Å². The molecule has 1 amide bonds. The zero-order chi connectivity index (χ0) is 15.6. The van der Waals surface area contributed by atoms with Crippen LogP contribution in [0.1, 0.15) is 27.6 Å². The fraction of sp³-hybridized carbons (Fsp3) is 0.312. The van der Waals surface area contributed by atoms with Gasteiger partial charge in [-0.25, -0.2) is 8.42 Å². The zero-order valence-electron chi connectivity index (χ0n) is 12.0. The molecule has 1 aromatic carbocycles. The van der Waals surface area contributed by atoms with Crippen molar-refractivity contribution in [1.82, 2.24) is 4.90 Å². The van der Waals surface area contributed by atoms with Gasteiger partial charge in [0.25, 0.3) is 5.91 Å². The standard InChI is InChI=1S/C16H17NO4S/c18-16(14-7-10-21-12-14)17-8-6-15(22(19,20)11-9-17)13-4-2-1-3-5-13/h1-5,7,10,12,15H,6,8-9,11H2/t15-/m0/s1. The van der Waals surface area contributed by atoms with Gasteiger partial charge in [0.15, 0.2) is 9.84 Å². The fourth-order valence-corrected chi connectivity index (χ4v) is 4.55. The molecule has 0 unspecified atom stereocenters. The second kappa shape index (κ2) is 5.96. The number of carbonyl (C=O) groups excluding carboxylic acids is 1. The zero-order valence-corrected chi connectivity index (χ0v) is 12.8. The van der Waals surface area contributed by atoms with Gasteiger partial charge in [-0.15, -0.1) is 0 Å². The number of amides is 1. The average molecular weight is 319 g/mol. The van der Waals surface area contributed by atoms with Crippen LogP contribution in [-0.2, 0) is 9.84 Å². The van der Waals surface area contributed by atoms with E-state index in [1.807, 2.05) is 30.3 Å². The molecule has 0 N–H and O–H groups in total. The van der Waals surface area contributed by atoms with Crippen LogP contribution < -0.4 is 0 Å². The van der Waals surface area contributed by atoms with E-state index in [4.69, 9.17) is 4.42 Å².